The van der Waals surface area contributed by atoms with E-state index >= 15 is 0 Å². The second-order valence-corrected chi connectivity index (χ2v) is 10.1. The van der Waals surface area contributed by atoms with Gasteiger partial charge in [0.05, 0.1) is 23.0 Å². The first-order valence-electron chi connectivity index (χ1n) is 11.7. The number of carbonyl (C=O) groups is 1. The fourth-order valence-electron chi connectivity index (χ4n) is 5.06. The molecule has 35 heavy (non-hydrogen) atoms. The van der Waals surface area contributed by atoms with E-state index in [1.54, 1.807) is 6.20 Å². The van der Waals surface area contributed by atoms with E-state index in [0.717, 1.165) is 12.8 Å². The summed E-state index contributed by atoms with van der Waals surface area (Å²) in [6.07, 6.45) is 6.17. The molecule has 2 aliphatic rings. The van der Waals surface area contributed by atoms with Crippen molar-refractivity contribution >= 4 is 57.9 Å². The minimum Gasteiger partial charge on any atom is -0.393 e. The molecule has 0 spiro atoms. The second-order valence-electron chi connectivity index (χ2n) is 9.29. The van der Waals surface area contributed by atoms with Gasteiger partial charge in [-0.1, -0.05) is 23.2 Å². The summed E-state index contributed by atoms with van der Waals surface area (Å²) < 4.78 is 16.6. The van der Waals surface area contributed by atoms with Gasteiger partial charge >= 0.3 is 0 Å². The number of nitrogens with one attached hydrogen (secondary N) is 2. The molecular formula is C23H26Cl2FN7O2. The number of primary amides is 1. The molecule has 0 saturated heterocycles. The van der Waals surface area contributed by atoms with Crippen molar-refractivity contribution in [2.24, 2.45) is 11.7 Å². The van der Waals surface area contributed by atoms with Gasteiger partial charge in [0, 0.05) is 23.0 Å². The van der Waals surface area contributed by atoms with E-state index in [1.807, 2.05) is 4.57 Å². The molecule has 2 heterocycles. The minimum absolute atomic E-state index is 0.0386. The van der Waals surface area contributed by atoms with Gasteiger partial charge in [0.1, 0.15) is 11.3 Å². The van der Waals surface area contributed by atoms with Crippen molar-refractivity contribution < 1.29 is 14.3 Å². The highest BCUT2D eigenvalue weighted by atomic mass is 35.5. The number of amides is 1. The molecule has 3 aromatic rings. The summed E-state index contributed by atoms with van der Waals surface area (Å²) in [5.41, 5.74) is 6.70. The van der Waals surface area contributed by atoms with Gasteiger partial charge in [0.15, 0.2) is 5.65 Å². The standard InChI is InChI=1S/C23H26Cl2FN7O2/c24-12-7-16(25)19(17(26)8-12)31-23-30-18-10-28-22(29-13-3-6-15(34)9-13)32-21(18)33(23)14-4-1-11(2-5-14)20(27)35/h7-8,10-11,13-15,34H,1-6,9H2,(H2,27,35)(H,30,31)(H,28,29,32)/t11?,13-,14?,15-/m1/s1. The average Bonchev–Trinajstić information content (AvgIpc) is 3.38. The number of fused-ring (bicyclic) bond motifs is 1. The number of nitrogens with two attached hydrogens (primary N) is 1. The summed E-state index contributed by atoms with van der Waals surface area (Å²) in [6, 6.07) is 2.68. The summed E-state index contributed by atoms with van der Waals surface area (Å²) in [5, 5.41) is 16.5. The molecule has 5 rings (SSSR count). The molecule has 2 aromatic heterocycles. The Morgan fingerprint density at radius 2 is 1.91 bits per heavy atom. The van der Waals surface area contributed by atoms with E-state index in [2.05, 4.69) is 20.6 Å². The number of hydrogen-bond donors (Lipinski definition) is 4. The lowest BCUT2D eigenvalue weighted by Crippen LogP contribution is -2.29. The van der Waals surface area contributed by atoms with Gasteiger partial charge in [-0.3, -0.25) is 9.36 Å². The van der Waals surface area contributed by atoms with Gasteiger partial charge < -0.3 is 21.5 Å². The largest absolute Gasteiger partial charge is 0.393 e. The van der Waals surface area contributed by atoms with Gasteiger partial charge in [-0.2, -0.15) is 4.98 Å². The van der Waals surface area contributed by atoms with E-state index in [9.17, 15) is 14.3 Å². The Labute approximate surface area is 211 Å². The number of aromatic nitrogens is 4. The highest BCUT2D eigenvalue weighted by molar-refractivity contribution is 6.36. The summed E-state index contributed by atoms with van der Waals surface area (Å²) in [6.45, 7) is 0. The van der Waals surface area contributed by atoms with E-state index in [1.165, 1.54) is 12.1 Å². The molecule has 2 aliphatic carbocycles. The average molecular weight is 522 g/mol. The zero-order valence-electron chi connectivity index (χ0n) is 18.8. The van der Waals surface area contributed by atoms with E-state index < -0.39 is 5.82 Å². The Hall–Kier alpha value is -2.69. The van der Waals surface area contributed by atoms with Crippen LogP contribution in [-0.2, 0) is 4.79 Å². The fraction of sp³-hybridized carbons (Fsp3) is 0.478. The van der Waals surface area contributed by atoms with Gasteiger partial charge in [0.25, 0.3) is 0 Å². The molecule has 2 saturated carbocycles. The predicted molar refractivity (Wildman–Crippen MR) is 132 cm³/mol. The van der Waals surface area contributed by atoms with Crippen molar-refractivity contribution in [2.45, 2.75) is 63.1 Å². The molecule has 2 fully saturated rings. The first-order chi connectivity index (χ1) is 16.8. The van der Waals surface area contributed by atoms with Crippen molar-refractivity contribution in [1.82, 2.24) is 19.5 Å². The zero-order valence-corrected chi connectivity index (χ0v) is 20.4. The fourth-order valence-corrected chi connectivity index (χ4v) is 5.57. The van der Waals surface area contributed by atoms with Crippen LogP contribution in [0, 0.1) is 11.7 Å². The monoisotopic (exact) mass is 521 g/mol. The Bertz CT molecular complexity index is 1240. The molecule has 5 N–H and O–H groups in total. The third-order valence-corrected chi connectivity index (χ3v) is 7.40. The topological polar surface area (TPSA) is 131 Å². The lowest BCUT2D eigenvalue weighted by atomic mass is 9.85. The number of carbonyl (C=O) groups excluding carboxylic acids is 1. The number of rotatable bonds is 6. The molecule has 0 radical (unpaired) electrons. The number of nitrogens with zero attached hydrogens (tertiary/aromatic N) is 4. The molecule has 1 amide bonds. The first kappa shape index (κ1) is 24.0. The van der Waals surface area contributed by atoms with Crippen LogP contribution in [0.25, 0.3) is 11.2 Å². The molecule has 2 atom stereocenters. The van der Waals surface area contributed by atoms with Crippen molar-refractivity contribution in [1.29, 1.82) is 0 Å². The Kier molecular flexibility index (Phi) is 6.69. The molecule has 0 unspecified atom stereocenters. The quantitative estimate of drug-likeness (QED) is 0.373. The molecule has 0 aliphatic heterocycles. The number of anilines is 3. The zero-order chi connectivity index (χ0) is 24.7. The van der Waals surface area contributed by atoms with Crippen LogP contribution in [0.1, 0.15) is 51.0 Å². The predicted octanol–water partition coefficient (Wildman–Crippen LogP) is 4.56. The van der Waals surface area contributed by atoms with Crippen LogP contribution in [0.3, 0.4) is 0 Å². The minimum atomic E-state index is -0.605. The summed E-state index contributed by atoms with van der Waals surface area (Å²) >= 11 is 12.2. The van der Waals surface area contributed by atoms with Crippen LogP contribution >= 0.6 is 23.2 Å². The molecule has 186 valence electrons. The second kappa shape index (κ2) is 9.75. The van der Waals surface area contributed by atoms with Crippen molar-refractivity contribution in [3.63, 3.8) is 0 Å². The van der Waals surface area contributed by atoms with E-state index in [0.29, 0.717) is 55.2 Å². The normalized spacial score (nSPS) is 24.6. The summed E-state index contributed by atoms with van der Waals surface area (Å²) in [7, 11) is 0. The lowest BCUT2D eigenvalue weighted by Gasteiger charge is -2.29. The molecule has 0 bridgehead atoms. The van der Waals surface area contributed by atoms with Crippen molar-refractivity contribution in [2.75, 3.05) is 10.6 Å². The summed E-state index contributed by atoms with van der Waals surface area (Å²) in [4.78, 5) is 25.4. The Morgan fingerprint density at radius 1 is 1.14 bits per heavy atom. The van der Waals surface area contributed by atoms with Crippen LogP contribution in [-0.4, -0.2) is 42.7 Å². The Balaban J connectivity index is 1.52. The van der Waals surface area contributed by atoms with E-state index in [4.69, 9.17) is 33.9 Å². The number of aliphatic hydroxyl groups excluding tert-OH is 1. The Morgan fingerprint density at radius 3 is 2.57 bits per heavy atom. The maximum Gasteiger partial charge on any atom is 0.224 e. The summed E-state index contributed by atoms with van der Waals surface area (Å²) in [5.74, 6) is -0.257. The number of hydrogen-bond acceptors (Lipinski definition) is 7. The SMILES string of the molecule is NC(=O)C1CCC(n2c(Nc3c(F)cc(Cl)cc3Cl)nc3cnc(N[C@@H]4CC[C@@H](O)C4)nc32)CC1. The van der Waals surface area contributed by atoms with Crippen LogP contribution in [0.4, 0.5) is 22.0 Å². The molecule has 1 aromatic carbocycles. The van der Waals surface area contributed by atoms with E-state index in [-0.39, 0.29) is 45.7 Å². The highest BCUT2D eigenvalue weighted by Gasteiger charge is 2.30. The number of aliphatic hydroxyl groups is 1. The molecule has 12 heteroatoms. The lowest BCUT2D eigenvalue weighted by molar-refractivity contribution is -0.122. The first-order valence-corrected chi connectivity index (χ1v) is 12.4. The maximum absolute atomic E-state index is 14.7. The third kappa shape index (κ3) is 5.00. The number of benzene rings is 1. The van der Waals surface area contributed by atoms with Crippen LogP contribution < -0.4 is 16.4 Å². The van der Waals surface area contributed by atoms with Crippen LogP contribution in [0.5, 0.6) is 0 Å². The van der Waals surface area contributed by atoms with Gasteiger partial charge in [-0.25, -0.2) is 14.4 Å². The third-order valence-electron chi connectivity index (χ3n) is 6.88. The highest BCUT2D eigenvalue weighted by Crippen LogP contribution is 2.38. The molecule has 9 nitrogen and oxygen atoms in total. The molecular weight excluding hydrogens is 496 g/mol. The maximum atomic E-state index is 14.7. The number of imidazole rings is 1. The van der Waals surface area contributed by atoms with Gasteiger partial charge in [-0.15, -0.1) is 0 Å². The van der Waals surface area contributed by atoms with Crippen LogP contribution in [0.2, 0.25) is 10.0 Å². The van der Waals surface area contributed by atoms with Crippen LogP contribution in [0.15, 0.2) is 18.3 Å². The van der Waals surface area contributed by atoms with Gasteiger partial charge in [-0.05, 0) is 57.1 Å². The van der Waals surface area contributed by atoms with Gasteiger partial charge in [0.2, 0.25) is 17.8 Å². The van der Waals surface area contributed by atoms with Crippen molar-refractivity contribution in [3.05, 3.63) is 34.2 Å². The van der Waals surface area contributed by atoms with Crippen molar-refractivity contribution in [3.8, 4) is 0 Å². The number of halogens is 3. The smallest absolute Gasteiger partial charge is 0.224 e.